The van der Waals surface area contributed by atoms with Gasteiger partial charge in [-0.25, -0.2) is 0 Å². The van der Waals surface area contributed by atoms with Crippen molar-refractivity contribution in [2.45, 2.75) is 32.4 Å². The summed E-state index contributed by atoms with van der Waals surface area (Å²) in [6.07, 6.45) is 2.00. The van der Waals surface area contributed by atoms with Crippen molar-refractivity contribution in [3.63, 3.8) is 0 Å². The molecule has 7 heteroatoms. The Labute approximate surface area is 159 Å². The van der Waals surface area contributed by atoms with Crippen LogP contribution in [0.4, 0.5) is 0 Å². The van der Waals surface area contributed by atoms with E-state index in [0.29, 0.717) is 17.9 Å². The van der Waals surface area contributed by atoms with Crippen LogP contribution in [0.1, 0.15) is 35.7 Å². The molecule has 0 atom stereocenters. The van der Waals surface area contributed by atoms with Gasteiger partial charge in [-0.1, -0.05) is 12.1 Å². The van der Waals surface area contributed by atoms with Crippen molar-refractivity contribution in [1.82, 2.24) is 4.90 Å². The van der Waals surface area contributed by atoms with Gasteiger partial charge in [-0.15, -0.1) is 0 Å². The summed E-state index contributed by atoms with van der Waals surface area (Å²) in [5.74, 6) is 0.886. The number of methoxy groups -OCH3 is 1. The summed E-state index contributed by atoms with van der Waals surface area (Å²) in [6.45, 7) is 2.00. The average molecular weight is 389 g/mol. The number of carbonyl (C=O) groups excluding carboxylic acids is 1. The van der Waals surface area contributed by atoms with Crippen LogP contribution in [-0.2, 0) is 16.7 Å². The van der Waals surface area contributed by atoms with Crippen LogP contribution in [-0.4, -0.2) is 38.1 Å². The van der Waals surface area contributed by atoms with Crippen molar-refractivity contribution in [3.8, 4) is 11.5 Å². The minimum absolute atomic E-state index is 0.0194. The fourth-order valence-electron chi connectivity index (χ4n) is 2.71. The average Bonchev–Trinajstić information content (AvgIpc) is 3.52. The number of nitrogens with zero attached hydrogens (tertiary/aromatic N) is 1. The molecule has 144 valence electrons. The third-order valence-corrected chi connectivity index (χ3v) is 5.59. The maximum Gasteiger partial charge on any atom is 0.308 e. The van der Waals surface area contributed by atoms with Gasteiger partial charge in [0.1, 0.15) is 11.5 Å². The van der Waals surface area contributed by atoms with Crippen LogP contribution in [0.2, 0.25) is 0 Å². The van der Waals surface area contributed by atoms with E-state index in [1.165, 1.54) is 6.92 Å². The molecule has 1 aliphatic carbocycles. The standard InChI is InChI=1S/C20H23NO5S/c1-3-27(23,24)26-19-10-4-15(5-11-19)14-21(17-8-9-17)20(22)16-6-12-18(25-2)13-7-16/h4-7,10-13,17H,3,8-9,14H2,1-2H3. The number of amides is 1. The van der Waals surface area contributed by atoms with Crippen molar-refractivity contribution in [2.24, 2.45) is 0 Å². The zero-order chi connectivity index (χ0) is 19.4. The van der Waals surface area contributed by atoms with Gasteiger partial charge in [0.2, 0.25) is 0 Å². The maximum absolute atomic E-state index is 12.9. The fraction of sp³-hybridized carbons (Fsp3) is 0.350. The van der Waals surface area contributed by atoms with Gasteiger partial charge in [-0.05, 0) is 61.7 Å². The second-order valence-electron chi connectivity index (χ2n) is 6.47. The molecule has 0 aromatic heterocycles. The van der Waals surface area contributed by atoms with E-state index in [4.69, 9.17) is 8.92 Å². The lowest BCUT2D eigenvalue weighted by Crippen LogP contribution is -2.32. The molecule has 2 aromatic carbocycles. The van der Waals surface area contributed by atoms with Gasteiger partial charge in [0.15, 0.2) is 0 Å². The Balaban J connectivity index is 1.71. The van der Waals surface area contributed by atoms with E-state index in [0.717, 1.165) is 18.4 Å². The predicted molar refractivity (Wildman–Crippen MR) is 102 cm³/mol. The normalized spacial score (nSPS) is 13.9. The first kappa shape index (κ1) is 19.2. The summed E-state index contributed by atoms with van der Waals surface area (Å²) >= 11 is 0. The molecule has 0 N–H and O–H groups in total. The monoisotopic (exact) mass is 389 g/mol. The van der Waals surface area contributed by atoms with Gasteiger partial charge < -0.3 is 13.8 Å². The van der Waals surface area contributed by atoms with Crippen molar-refractivity contribution < 1.29 is 22.1 Å². The van der Waals surface area contributed by atoms with Gasteiger partial charge in [0.05, 0.1) is 12.9 Å². The summed E-state index contributed by atoms with van der Waals surface area (Å²) in [5, 5.41) is 0. The van der Waals surface area contributed by atoms with E-state index in [-0.39, 0.29) is 23.5 Å². The first-order chi connectivity index (χ1) is 12.9. The molecule has 2 aromatic rings. The number of carbonyl (C=O) groups is 1. The number of hydrogen-bond donors (Lipinski definition) is 0. The number of ether oxygens (including phenoxy) is 1. The fourth-order valence-corrected chi connectivity index (χ4v) is 3.23. The molecular weight excluding hydrogens is 366 g/mol. The lowest BCUT2D eigenvalue weighted by molar-refractivity contribution is 0.0730. The molecule has 1 saturated carbocycles. The molecular formula is C20H23NO5S. The Kier molecular flexibility index (Phi) is 5.70. The van der Waals surface area contributed by atoms with Crippen LogP contribution in [0.5, 0.6) is 11.5 Å². The zero-order valence-electron chi connectivity index (χ0n) is 15.4. The number of benzene rings is 2. The van der Waals surface area contributed by atoms with Crippen LogP contribution >= 0.6 is 0 Å². The molecule has 3 rings (SSSR count). The Morgan fingerprint density at radius 1 is 1.04 bits per heavy atom. The Morgan fingerprint density at radius 3 is 2.15 bits per heavy atom. The summed E-state index contributed by atoms with van der Waals surface area (Å²) in [7, 11) is -1.95. The van der Waals surface area contributed by atoms with E-state index >= 15 is 0 Å². The van der Waals surface area contributed by atoms with E-state index in [1.807, 2.05) is 4.90 Å². The highest BCUT2D eigenvalue weighted by atomic mass is 32.2. The molecule has 1 fully saturated rings. The molecule has 1 aliphatic rings. The largest absolute Gasteiger partial charge is 0.497 e. The van der Waals surface area contributed by atoms with Gasteiger partial charge >= 0.3 is 10.1 Å². The molecule has 0 radical (unpaired) electrons. The van der Waals surface area contributed by atoms with Crippen molar-refractivity contribution >= 4 is 16.0 Å². The predicted octanol–water partition coefficient (Wildman–Crippen LogP) is 3.23. The minimum Gasteiger partial charge on any atom is -0.497 e. The second-order valence-corrected chi connectivity index (χ2v) is 8.33. The summed E-state index contributed by atoms with van der Waals surface area (Å²) < 4.78 is 33.2. The molecule has 0 aliphatic heterocycles. The van der Waals surface area contributed by atoms with Crippen molar-refractivity contribution in [2.75, 3.05) is 12.9 Å². The van der Waals surface area contributed by atoms with Gasteiger partial charge in [-0.2, -0.15) is 8.42 Å². The topological polar surface area (TPSA) is 72.9 Å². The maximum atomic E-state index is 12.9. The molecule has 27 heavy (non-hydrogen) atoms. The smallest absolute Gasteiger partial charge is 0.308 e. The molecule has 0 spiro atoms. The minimum atomic E-state index is -3.54. The van der Waals surface area contributed by atoms with Crippen molar-refractivity contribution in [3.05, 3.63) is 59.7 Å². The molecule has 0 unspecified atom stereocenters. The summed E-state index contributed by atoms with van der Waals surface area (Å²) in [5.41, 5.74) is 1.54. The summed E-state index contributed by atoms with van der Waals surface area (Å²) in [4.78, 5) is 14.8. The Hall–Kier alpha value is -2.54. The number of rotatable bonds is 8. The first-order valence-electron chi connectivity index (χ1n) is 8.88. The van der Waals surface area contributed by atoms with Gasteiger partial charge in [0, 0.05) is 18.2 Å². The molecule has 6 nitrogen and oxygen atoms in total. The van der Waals surface area contributed by atoms with Crippen LogP contribution in [0.3, 0.4) is 0 Å². The van der Waals surface area contributed by atoms with Gasteiger partial charge in [-0.3, -0.25) is 4.79 Å². The molecule has 0 saturated heterocycles. The van der Waals surface area contributed by atoms with E-state index in [9.17, 15) is 13.2 Å². The Morgan fingerprint density at radius 2 is 1.63 bits per heavy atom. The first-order valence-corrected chi connectivity index (χ1v) is 10.5. The highest BCUT2D eigenvalue weighted by Gasteiger charge is 2.33. The molecule has 0 bridgehead atoms. The van der Waals surface area contributed by atoms with Crippen LogP contribution in [0.15, 0.2) is 48.5 Å². The third-order valence-electron chi connectivity index (χ3n) is 4.44. The van der Waals surface area contributed by atoms with Crippen LogP contribution in [0, 0.1) is 0 Å². The third kappa shape index (κ3) is 5.01. The van der Waals surface area contributed by atoms with Gasteiger partial charge in [0.25, 0.3) is 5.91 Å². The number of hydrogen-bond acceptors (Lipinski definition) is 5. The van der Waals surface area contributed by atoms with E-state index < -0.39 is 10.1 Å². The SMILES string of the molecule is CCS(=O)(=O)Oc1ccc(CN(C(=O)c2ccc(OC)cc2)C2CC2)cc1. The van der Waals surface area contributed by atoms with E-state index in [2.05, 4.69) is 0 Å². The highest BCUT2D eigenvalue weighted by molar-refractivity contribution is 7.87. The van der Waals surface area contributed by atoms with E-state index in [1.54, 1.807) is 55.6 Å². The lowest BCUT2D eigenvalue weighted by Gasteiger charge is -2.23. The second kappa shape index (κ2) is 8.00. The highest BCUT2D eigenvalue weighted by Crippen LogP contribution is 2.30. The lowest BCUT2D eigenvalue weighted by atomic mass is 10.1. The van der Waals surface area contributed by atoms with Crippen LogP contribution < -0.4 is 8.92 Å². The zero-order valence-corrected chi connectivity index (χ0v) is 16.2. The molecule has 1 amide bonds. The van der Waals surface area contributed by atoms with Crippen LogP contribution in [0.25, 0.3) is 0 Å². The summed E-state index contributed by atoms with van der Waals surface area (Å²) in [6, 6.07) is 14.1. The van der Waals surface area contributed by atoms with Crippen molar-refractivity contribution in [1.29, 1.82) is 0 Å². The Bertz CT molecular complexity index is 887. The molecule has 0 heterocycles. The quantitative estimate of drug-likeness (QED) is 0.648.